The van der Waals surface area contributed by atoms with Gasteiger partial charge in [-0.15, -0.1) is 10.2 Å². The Hall–Kier alpha value is -2.48. The zero-order valence-corrected chi connectivity index (χ0v) is 13.5. The maximum atomic E-state index is 13.6. The largest absolute Gasteiger partial charge is 0.366 e. The van der Waals surface area contributed by atoms with Gasteiger partial charge in [0.1, 0.15) is 18.2 Å². The summed E-state index contributed by atoms with van der Waals surface area (Å²) in [4.78, 5) is 14.0. The highest BCUT2D eigenvalue weighted by Gasteiger charge is 2.28. The minimum Gasteiger partial charge on any atom is -0.366 e. The first kappa shape index (κ1) is 16.4. The lowest BCUT2D eigenvalue weighted by molar-refractivity contribution is -0.0214. The van der Waals surface area contributed by atoms with E-state index in [4.69, 9.17) is 4.74 Å². The number of rotatable bonds is 4. The SMILES string of the molecule is Cn1cnnc1C1CN(C(=O)NCCc2ccccc2F)CCO1. The first-order chi connectivity index (χ1) is 11.6. The Labute approximate surface area is 139 Å². The summed E-state index contributed by atoms with van der Waals surface area (Å²) in [5.74, 6) is 0.444. The summed E-state index contributed by atoms with van der Waals surface area (Å²) in [5.41, 5.74) is 0.594. The monoisotopic (exact) mass is 333 g/mol. The van der Waals surface area contributed by atoms with Crippen molar-refractivity contribution in [2.45, 2.75) is 12.5 Å². The molecule has 1 aromatic carbocycles. The van der Waals surface area contributed by atoms with E-state index in [1.165, 1.54) is 6.07 Å². The van der Waals surface area contributed by atoms with E-state index < -0.39 is 0 Å². The average molecular weight is 333 g/mol. The van der Waals surface area contributed by atoms with Crippen molar-refractivity contribution in [1.29, 1.82) is 0 Å². The number of nitrogens with one attached hydrogen (secondary N) is 1. The predicted octanol–water partition coefficient (Wildman–Crippen LogP) is 1.28. The number of aromatic nitrogens is 3. The van der Waals surface area contributed by atoms with Crippen LogP contribution in [0.1, 0.15) is 17.5 Å². The van der Waals surface area contributed by atoms with Gasteiger partial charge in [-0.05, 0) is 18.1 Å². The van der Waals surface area contributed by atoms with E-state index in [-0.39, 0.29) is 18.0 Å². The van der Waals surface area contributed by atoms with Gasteiger partial charge in [0.2, 0.25) is 0 Å². The van der Waals surface area contributed by atoms with Crippen molar-refractivity contribution in [2.75, 3.05) is 26.2 Å². The molecule has 1 aliphatic rings. The first-order valence-corrected chi connectivity index (χ1v) is 7.87. The minimum absolute atomic E-state index is 0.179. The summed E-state index contributed by atoms with van der Waals surface area (Å²) in [6, 6.07) is 6.40. The van der Waals surface area contributed by atoms with Crippen molar-refractivity contribution < 1.29 is 13.9 Å². The molecule has 0 saturated carbocycles. The number of carbonyl (C=O) groups excluding carboxylic acids is 1. The number of halogens is 1. The van der Waals surface area contributed by atoms with Gasteiger partial charge in [0.05, 0.1) is 13.2 Å². The Balaban J connectivity index is 1.51. The van der Waals surface area contributed by atoms with Crippen molar-refractivity contribution in [2.24, 2.45) is 7.05 Å². The number of aryl methyl sites for hydroxylation is 1. The van der Waals surface area contributed by atoms with Crippen molar-refractivity contribution >= 4 is 6.03 Å². The maximum absolute atomic E-state index is 13.6. The second kappa shape index (κ2) is 7.39. The number of benzene rings is 1. The van der Waals surface area contributed by atoms with Crippen LogP contribution in [0.25, 0.3) is 0 Å². The molecule has 2 aromatic rings. The van der Waals surface area contributed by atoms with Crippen LogP contribution >= 0.6 is 0 Å². The van der Waals surface area contributed by atoms with E-state index >= 15 is 0 Å². The van der Waals surface area contributed by atoms with E-state index in [0.717, 1.165) is 0 Å². The summed E-state index contributed by atoms with van der Waals surface area (Å²) in [6.07, 6.45) is 1.77. The number of amides is 2. The lowest BCUT2D eigenvalue weighted by Crippen LogP contribution is -2.47. The zero-order chi connectivity index (χ0) is 16.9. The van der Waals surface area contributed by atoms with Gasteiger partial charge in [-0.3, -0.25) is 0 Å². The number of carbonyl (C=O) groups is 1. The van der Waals surface area contributed by atoms with Gasteiger partial charge in [0.15, 0.2) is 5.82 Å². The highest BCUT2D eigenvalue weighted by atomic mass is 19.1. The molecule has 128 valence electrons. The molecule has 0 radical (unpaired) electrons. The number of hydrogen-bond acceptors (Lipinski definition) is 4. The van der Waals surface area contributed by atoms with Gasteiger partial charge in [0.25, 0.3) is 0 Å². The fourth-order valence-electron chi connectivity index (χ4n) is 2.69. The van der Waals surface area contributed by atoms with Crippen LogP contribution in [0.2, 0.25) is 0 Å². The highest BCUT2D eigenvalue weighted by Crippen LogP contribution is 2.19. The summed E-state index contributed by atoms with van der Waals surface area (Å²) < 4.78 is 21.0. The predicted molar refractivity (Wildman–Crippen MR) is 84.8 cm³/mol. The van der Waals surface area contributed by atoms with Crippen LogP contribution in [0.5, 0.6) is 0 Å². The molecule has 1 saturated heterocycles. The highest BCUT2D eigenvalue weighted by molar-refractivity contribution is 5.74. The molecule has 24 heavy (non-hydrogen) atoms. The van der Waals surface area contributed by atoms with E-state index in [2.05, 4.69) is 15.5 Å². The average Bonchev–Trinajstić information content (AvgIpc) is 3.03. The third-order valence-electron chi connectivity index (χ3n) is 4.02. The van der Waals surface area contributed by atoms with Crippen molar-refractivity contribution in [3.63, 3.8) is 0 Å². The molecule has 2 heterocycles. The molecule has 8 heteroatoms. The Bertz CT molecular complexity index is 705. The number of ether oxygens (including phenoxy) is 1. The summed E-state index contributed by atoms with van der Waals surface area (Å²) >= 11 is 0. The Morgan fingerprint density at radius 2 is 2.29 bits per heavy atom. The third-order valence-corrected chi connectivity index (χ3v) is 4.02. The molecular weight excluding hydrogens is 313 g/mol. The van der Waals surface area contributed by atoms with Crippen LogP contribution in [0, 0.1) is 5.82 Å². The molecule has 1 unspecified atom stereocenters. The second-order valence-corrected chi connectivity index (χ2v) is 5.68. The van der Waals surface area contributed by atoms with Gasteiger partial charge in [-0.1, -0.05) is 18.2 Å². The standard InChI is InChI=1S/C16H20FN5O2/c1-21-11-19-20-15(21)14-10-22(8-9-24-14)16(23)18-7-6-12-4-2-3-5-13(12)17/h2-5,11,14H,6-10H2,1H3,(H,18,23). The van der Waals surface area contributed by atoms with Crippen LogP contribution in [-0.4, -0.2) is 51.9 Å². The van der Waals surface area contributed by atoms with Gasteiger partial charge in [-0.2, -0.15) is 0 Å². The lowest BCUT2D eigenvalue weighted by atomic mass is 10.1. The Kier molecular flexibility index (Phi) is 5.05. The Morgan fingerprint density at radius 3 is 3.04 bits per heavy atom. The molecule has 3 rings (SSSR count). The summed E-state index contributed by atoms with van der Waals surface area (Å²) in [7, 11) is 1.84. The quantitative estimate of drug-likeness (QED) is 0.915. The van der Waals surface area contributed by atoms with E-state index in [1.807, 2.05) is 7.05 Å². The van der Waals surface area contributed by atoms with Crippen molar-refractivity contribution in [1.82, 2.24) is 25.0 Å². The van der Waals surface area contributed by atoms with Crippen LogP contribution in [0.15, 0.2) is 30.6 Å². The third kappa shape index (κ3) is 3.70. The summed E-state index contributed by atoms with van der Waals surface area (Å²) in [6.45, 7) is 1.75. The molecule has 1 fully saturated rings. The molecule has 1 N–H and O–H groups in total. The second-order valence-electron chi connectivity index (χ2n) is 5.68. The van der Waals surface area contributed by atoms with E-state index in [1.54, 1.807) is 34.0 Å². The van der Waals surface area contributed by atoms with Crippen LogP contribution < -0.4 is 5.32 Å². The van der Waals surface area contributed by atoms with Crippen LogP contribution in [-0.2, 0) is 18.2 Å². The normalized spacial score (nSPS) is 17.8. The molecule has 0 aliphatic carbocycles. The van der Waals surface area contributed by atoms with E-state index in [9.17, 15) is 9.18 Å². The van der Waals surface area contributed by atoms with Gasteiger partial charge >= 0.3 is 6.03 Å². The molecule has 0 bridgehead atoms. The topological polar surface area (TPSA) is 72.3 Å². The first-order valence-electron chi connectivity index (χ1n) is 7.87. The maximum Gasteiger partial charge on any atom is 0.317 e. The number of nitrogens with zero attached hydrogens (tertiary/aromatic N) is 4. The number of urea groups is 1. The van der Waals surface area contributed by atoms with Gasteiger partial charge < -0.3 is 19.5 Å². The molecular formula is C16H20FN5O2. The lowest BCUT2D eigenvalue weighted by Gasteiger charge is -2.32. The molecule has 7 nitrogen and oxygen atoms in total. The molecule has 1 atom stereocenters. The molecule has 0 spiro atoms. The van der Waals surface area contributed by atoms with Gasteiger partial charge in [-0.25, -0.2) is 9.18 Å². The molecule has 1 aliphatic heterocycles. The number of hydrogen-bond donors (Lipinski definition) is 1. The smallest absolute Gasteiger partial charge is 0.317 e. The van der Waals surface area contributed by atoms with Crippen molar-refractivity contribution in [3.05, 3.63) is 47.8 Å². The minimum atomic E-state index is -0.288. The Morgan fingerprint density at radius 1 is 1.46 bits per heavy atom. The van der Waals surface area contributed by atoms with Crippen LogP contribution in [0.3, 0.4) is 0 Å². The fourth-order valence-corrected chi connectivity index (χ4v) is 2.69. The number of morpholine rings is 1. The zero-order valence-electron chi connectivity index (χ0n) is 13.5. The van der Waals surface area contributed by atoms with E-state index in [0.29, 0.717) is 44.0 Å². The van der Waals surface area contributed by atoms with Gasteiger partial charge in [0, 0.05) is 20.1 Å². The fraction of sp³-hybridized carbons (Fsp3) is 0.438. The van der Waals surface area contributed by atoms with Crippen LogP contribution in [0.4, 0.5) is 9.18 Å². The summed E-state index contributed by atoms with van der Waals surface area (Å²) in [5, 5.41) is 10.7. The molecule has 1 aromatic heterocycles. The van der Waals surface area contributed by atoms with Crippen molar-refractivity contribution in [3.8, 4) is 0 Å². The molecule has 2 amide bonds.